The van der Waals surface area contributed by atoms with E-state index >= 15 is 0 Å². The molecule has 0 aromatic rings. The van der Waals surface area contributed by atoms with E-state index in [1.54, 1.807) is 0 Å². The maximum absolute atomic E-state index is 11.2. The number of ether oxygens (including phenoxy) is 2. The topological polar surface area (TPSA) is 122 Å². The Hall–Kier alpha value is -0.730. The van der Waals surface area contributed by atoms with E-state index < -0.39 is 43.0 Å². The molecule has 0 spiro atoms. The molecule has 7 nitrogen and oxygen atoms in total. The molecule has 0 aliphatic carbocycles. The summed E-state index contributed by atoms with van der Waals surface area (Å²) in [6.45, 7) is -0.446. The predicted octanol–water partition coefficient (Wildman–Crippen LogP) is -3.03. The summed E-state index contributed by atoms with van der Waals surface area (Å²) in [6, 6.07) is -0.939. The molecule has 15 heavy (non-hydrogen) atoms. The van der Waals surface area contributed by atoms with E-state index in [4.69, 9.17) is 15.6 Å². The molecule has 0 radical (unpaired) electrons. The first-order valence-corrected chi connectivity index (χ1v) is 4.48. The Morgan fingerprint density at radius 2 is 2.07 bits per heavy atom. The summed E-state index contributed by atoms with van der Waals surface area (Å²) in [5.41, 5.74) is 5.48. The minimum Gasteiger partial charge on any atom is -0.467 e. The van der Waals surface area contributed by atoms with Crippen LogP contribution in [0.25, 0.3) is 0 Å². The van der Waals surface area contributed by atoms with Crippen molar-refractivity contribution in [3.63, 3.8) is 0 Å². The van der Waals surface area contributed by atoms with Gasteiger partial charge in [0.25, 0.3) is 0 Å². The minimum atomic E-state index is -1.45. The Labute approximate surface area is 86.4 Å². The average Bonchev–Trinajstić information content (AvgIpc) is 2.25. The summed E-state index contributed by atoms with van der Waals surface area (Å²) in [5.74, 6) is -0.813. The van der Waals surface area contributed by atoms with Crippen LogP contribution in [0.2, 0.25) is 0 Å². The molecule has 0 aromatic carbocycles. The fourth-order valence-electron chi connectivity index (χ4n) is 1.46. The van der Waals surface area contributed by atoms with Crippen molar-refractivity contribution in [2.24, 2.45) is 5.73 Å². The molecule has 5 N–H and O–H groups in total. The first kappa shape index (κ1) is 12.3. The zero-order valence-corrected chi connectivity index (χ0v) is 8.24. The van der Waals surface area contributed by atoms with Gasteiger partial charge in [-0.25, -0.2) is 4.79 Å². The van der Waals surface area contributed by atoms with Gasteiger partial charge in [-0.05, 0) is 0 Å². The van der Waals surface area contributed by atoms with Crippen molar-refractivity contribution < 1.29 is 29.6 Å². The van der Waals surface area contributed by atoms with Gasteiger partial charge in [0.2, 0.25) is 0 Å². The standard InChI is InChI=1S/C8H15NO6/c1-14-8(13)7-6(12)5(11)4(9)3(2-10)15-7/h3-7,10-12H,2,9H2,1H3/t3-,4-,5+,6-,7-/m1/s1. The van der Waals surface area contributed by atoms with Crippen LogP contribution < -0.4 is 5.73 Å². The van der Waals surface area contributed by atoms with Gasteiger partial charge in [0.15, 0.2) is 6.10 Å². The highest BCUT2D eigenvalue weighted by Gasteiger charge is 2.46. The van der Waals surface area contributed by atoms with E-state index in [1.165, 1.54) is 0 Å². The molecule has 1 aliphatic rings. The molecule has 5 atom stereocenters. The van der Waals surface area contributed by atoms with Crippen molar-refractivity contribution in [2.45, 2.75) is 30.5 Å². The molecule has 0 aromatic heterocycles. The van der Waals surface area contributed by atoms with Crippen LogP contribution in [0, 0.1) is 0 Å². The summed E-state index contributed by atoms with van der Waals surface area (Å²) < 4.78 is 9.40. The zero-order chi connectivity index (χ0) is 11.6. The van der Waals surface area contributed by atoms with Gasteiger partial charge >= 0.3 is 5.97 Å². The molecule has 1 fully saturated rings. The van der Waals surface area contributed by atoms with E-state index in [-0.39, 0.29) is 0 Å². The Morgan fingerprint density at radius 1 is 1.47 bits per heavy atom. The molecular weight excluding hydrogens is 206 g/mol. The zero-order valence-electron chi connectivity index (χ0n) is 8.24. The number of hydrogen-bond donors (Lipinski definition) is 4. The highest BCUT2D eigenvalue weighted by molar-refractivity contribution is 5.75. The summed E-state index contributed by atoms with van der Waals surface area (Å²) in [6.07, 6.45) is -5.00. The maximum Gasteiger partial charge on any atom is 0.337 e. The summed E-state index contributed by atoms with van der Waals surface area (Å²) >= 11 is 0. The number of aliphatic hydroxyl groups excluding tert-OH is 3. The largest absolute Gasteiger partial charge is 0.467 e. The minimum absolute atomic E-state index is 0.446. The smallest absolute Gasteiger partial charge is 0.337 e. The number of carbonyl (C=O) groups is 1. The molecule has 1 aliphatic heterocycles. The van der Waals surface area contributed by atoms with E-state index in [2.05, 4.69) is 4.74 Å². The quantitative estimate of drug-likeness (QED) is 0.366. The molecule has 0 saturated carbocycles. The van der Waals surface area contributed by atoms with Crippen molar-refractivity contribution in [2.75, 3.05) is 13.7 Å². The Kier molecular flexibility index (Phi) is 4.00. The fourth-order valence-corrected chi connectivity index (χ4v) is 1.46. The van der Waals surface area contributed by atoms with Crippen LogP contribution in [-0.2, 0) is 14.3 Å². The summed E-state index contributed by atoms with van der Waals surface area (Å²) in [4.78, 5) is 11.2. The van der Waals surface area contributed by atoms with E-state index in [1.807, 2.05) is 0 Å². The molecule has 1 heterocycles. The number of rotatable bonds is 2. The third-order valence-electron chi connectivity index (χ3n) is 2.42. The second-order valence-corrected chi connectivity index (χ2v) is 3.36. The first-order chi connectivity index (χ1) is 7.02. The Balaban J connectivity index is 2.78. The van der Waals surface area contributed by atoms with Crippen LogP contribution >= 0.6 is 0 Å². The second-order valence-electron chi connectivity index (χ2n) is 3.36. The van der Waals surface area contributed by atoms with Gasteiger partial charge < -0.3 is 30.5 Å². The van der Waals surface area contributed by atoms with Crippen LogP contribution in [-0.4, -0.2) is 65.5 Å². The second kappa shape index (κ2) is 4.86. The van der Waals surface area contributed by atoms with Crippen LogP contribution in [0.15, 0.2) is 0 Å². The molecule has 1 saturated heterocycles. The molecule has 1 rings (SSSR count). The van der Waals surface area contributed by atoms with Gasteiger partial charge in [0.05, 0.1) is 25.9 Å². The van der Waals surface area contributed by atoms with Crippen molar-refractivity contribution in [3.8, 4) is 0 Å². The third-order valence-corrected chi connectivity index (χ3v) is 2.42. The van der Waals surface area contributed by atoms with Crippen molar-refractivity contribution in [1.29, 1.82) is 0 Å². The summed E-state index contributed by atoms with van der Waals surface area (Å²) in [5, 5.41) is 27.9. The van der Waals surface area contributed by atoms with Gasteiger partial charge in [-0.3, -0.25) is 0 Å². The molecule has 88 valence electrons. The van der Waals surface area contributed by atoms with Crippen molar-refractivity contribution in [3.05, 3.63) is 0 Å². The lowest BCUT2D eigenvalue weighted by Gasteiger charge is -2.39. The molecule has 0 unspecified atom stereocenters. The van der Waals surface area contributed by atoms with Gasteiger partial charge in [-0.15, -0.1) is 0 Å². The lowest BCUT2D eigenvalue weighted by molar-refractivity contribution is -0.205. The third kappa shape index (κ3) is 2.27. The van der Waals surface area contributed by atoms with Crippen LogP contribution in [0.3, 0.4) is 0 Å². The molecule has 7 heteroatoms. The number of nitrogens with two attached hydrogens (primary N) is 1. The van der Waals surface area contributed by atoms with Gasteiger partial charge in [-0.2, -0.15) is 0 Å². The number of methoxy groups -OCH3 is 1. The predicted molar refractivity (Wildman–Crippen MR) is 47.8 cm³/mol. The molecule has 0 amide bonds. The average molecular weight is 221 g/mol. The van der Waals surface area contributed by atoms with E-state index in [0.29, 0.717) is 0 Å². The van der Waals surface area contributed by atoms with Crippen LogP contribution in [0.1, 0.15) is 0 Å². The fraction of sp³-hybridized carbons (Fsp3) is 0.875. The number of aliphatic hydroxyl groups is 3. The molecular formula is C8H15NO6. The number of carbonyl (C=O) groups excluding carboxylic acids is 1. The Bertz CT molecular complexity index is 233. The highest BCUT2D eigenvalue weighted by Crippen LogP contribution is 2.20. The normalized spacial score (nSPS) is 41.3. The van der Waals surface area contributed by atoms with Gasteiger partial charge in [0.1, 0.15) is 12.2 Å². The monoisotopic (exact) mass is 221 g/mol. The maximum atomic E-state index is 11.2. The van der Waals surface area contributed by atoms with Crippen molar-refractivity contribution in [1.82, 2.24) is 0 Å². The highest BCUT2D eigenvalue weighted by atomic mass is 16.6. The van der Waals surface area contributed by atoms with E-state index in [9.17, 15) is 15.0 Å². The molecule has 0 bridgehead atoms. The first-order valence-electron chi connectivity index (χ1n) is 4.48. The number of hydrogen-bond acceptors (Lipinski definition) is 7. The lowest BCUT2D eigenvalue weighted by atomic mass is 9.93. The van der Waals surface area contributed by atoms with Crippen LogP contribution in [0.5, 0.6) is 0 Å². The SMILES string of the molecule is COC(=O)[C@@H]1O[C@H](CO)[C@@H](N)[C@H](O)[C@H]1O. The van der Waals surface area contributed by atoms with Gasteiger partial charge in [-0.1, -0.05) is 0 Å². The number of esters is 1. The van der Waals surface area contributed by atoms with Crippen molar-refractivity contribution >= 4 is 5.97 Å². The summed E-state index contributed by atoms with van der Waals surface area (Å²) in [7, 11) is 1.13. The van der Waals surface area contributed by atoms with E-state index in [0.717, 1.165) is 7.11 Å². The van der Waals surface area contributed by atoms with Gasteiger partial charge in [0, 0.05) is 0 Å². The Morgan fingerprint density at radius 3 is 2.53 bits per heavy atom. The lowest BCUT2D eigenvalue weighted by Crippen LogP contribution is -2.63. The van der Waals surface area contributed by atoms with Crippen LogP contribution in [0.4, 0.5) is 0 Å².